The molecule has 0 aliphatic heterocycles. The second-order valence-corrected chi connectivity index (χ2v) is 4.51. The fourth-order valence-corrected chi connectivity index (χ4v) is 1.97. The van der Waals surface area contributed by atoms with E-state index in [2.05, 4.69) is 24.3 Å². The maximum Gasteiger partial charge on any atom is 0.123 e. The molecular formula is C16H18FN. The summed E-state index contributed by atoms with van der Waals surface area (Å²) in [5.74, 6) is -0.184. The molecule has 0 aliphatic rings. The van der Waals surface area contributed by atoms with Gasteiger partial charge in [0.05, 0.1) is 0 Å². The average Bonchev–Trinajstić information content (AvgIpc) is 2.41. The molecule has 2 aromatic rings. The first-order chi connectivity index (χ1) is 8.78. The van der Waals surface area contributed by atoms with E-state index in [9.17, 15) is 4.39 Å². The van der Waals surface area contributed by atoms with Crippen molar-refractivity contribution in [3.8, 4) is 0 Å². The molecule has 18 heavy (non-hydrogen) atoms. The molecule has 2 rings (SSSR count). The number of halogens is 1. The van der Waals surface area contributed by atoms with Gasteiger partial charge in [0.25, 0.3) is 0 Å². The second-order valence-electron chi connectivity index (χ2n) is 4.51. The lowest BCUT2D eigenvalue weighted by Crippen LogP contribution is -2.00. The van der Waals surface area contributed by atoms with Crippen molar-refractivity contribution in [1.29, 1.82) is 0 Å². The second kappa shape index (κ2) is 6.31. The highest BCUT2D eigenvalue weighted by atomic mass is 19.1. The summed E-state index contributed by atoms with van der Waals surface area (Å²) in [4.78, 5) is 0. The third kappa shape index (κ3) is 3.67. The lowest BCUT2D eigenvalue weighted by atomic mass is 10.0. The monoisotopic (exact) mass is 243 g/mol. The Labute approximate surface area is 107 Å². The lowest BCUT2D eigenvalue weighted by Gasteiger charge is -2.04. The van der Waals surface area contributed by atoms with Gasteiger partial charge in [0.2, 0.25) is 0 Å². The zero-order chi connectivity index (χ0) is 12.8. The van der Waals surface area contributed by atoms with Gasteiger partial charge in [-0.25, -0.2) is 4.39 Å². The molecule has 0 heterocycles. The van der Waals surface area contributed by atoms with E-state index in [1.807, 2.05) is 12.1 Å². The standard InChI is InChI=1S/C16H18FN/c17-16-9-7-15(8-10-16)12-14-5-3-13(4-6-14)2-1-11-18/h3-10H,1-2,11-12,18H2. The number of nitrogens with two attached hydrogens (primary N) is 1. The average molecular weight is 243 g/mol. The normalized spacial score (nSPS) is 10.6. The number of hydrogen-bond donors (Lipinski definition) is 1. The summed E-state index contributed by atoms with van der Waals surface area (Å²) < 4.78 is 12.8. The molecule has 2 aromatic carbocycles. The van der Waals surface area contributed by atoms with Gasteiger partial charge in [0.1, 0.15) is 5.82 Å². The molecule has 1 nitrogen and oxygen atoms in total. The van der Waals surface area contributed by atoms with E-state index in [0.29, 0.717) is 0 Å². The maximum absolute atomic E-state index is 12.8. The summed E-state index contributed by atoms with van der Waals surface area (Å²) in [5, 5.41) is 0. The first-order valence-corrected chi connectivity index (χ1v) is 6.30. The van der Waals surface area contributed by atoms with Crippen LogP contribution in [0.2, 0.25) is 0 Å². The number of hydrogen-bond acceptors (Lipinski definition) is 1. The third-order valence-corrected chi connectivity index (χ3v) is 3.01. The van der Waals surface area contributed by atoms with Crippen LogP contribution >= 0.6 is 0 Å². The first-order valence-electron chi connectivity index (χ1n) is 6.30. The van der Waals surface area contributed by atoms with Crippen LogP contribution in [-0.4, -0.2) is 6.54 Å². The molecular weight excluding hydrogens is 225 g/mol. The zero-order valence-corrected chi connectivity index (χ0v) is 10.4. The van der Waals surface area contributed by atoms with Crippen molar-refractivity contribution in [2.45, 2.75) is 19.3 Å². The molecule has 0 fully saturated rings. The molecule has 0 radical (unpaired) electrons. The molecule has 94 valence electrons. The van der Waals surface area contributed by atoms with Crippen LogP contribution in [0.5, 0.6) is 0 Å². The Balaban J connectivity index is 1.99. The Morgan fingerprint density at radius 2 is 1.28 bits per heavy atom. The third-order valence-electron chi connectivity index (χ3n) is 3.01. The molecule has 0 aliphatic carbocycles. The molecule has 0 saturated carbocycles. The molecule has 0 saturated heterocycles. The van der Waals surface area contributed by atoms with Crippen LogP contribution in [0, 0.1) is 5.82 Å². The predicted octanol–water partition coefficient (Wildman–Crippen LogP) is 3.31. The Kier molecular flexibility index (Phi) is 4.48. The molecule has 0 unspecified atom stereocenters. The molecule has 0 atom stereocenters. The maximum atomic E-state index is 12.8. The number of rotatable bonds is 5. The first kappa shape index (κ1) is 12.8. The number of benzene rings is 2. The highest BCUT2D eigenvalue weighted by Gasteiger charge is 1.98. The minimum absolute atomic E-state index is 0.184. The van der Waals surface area contributed by atoms with Crippen molar-refractivity contribution in [2.75, 3.05) is 6.54 Å². The summed E-state index contributed by atoms with van der Waals surface area (Å²) >= 11 is 0. The van der Waals surface area contributed by atoms with Gasteiger partial charge in [-0.05, 0) is 54.6 Å². The Morgan fingerprint density at radius 3 is 1.83 bits per heavy atom. The summed E-state index contributed by atoms with van der Waals surface area (Å²) in [6.45, 7) is 0.733. The van der Waals surface area contributed by atoms with Crippen molar-refractivity contribution in [3.63, 3.8) is 0 Å². The minimum Gasteiger partial charge on any atom is -0.330 e. The van der Waals surface area contributed by atoms with Crippen molar-refractivity contribution in [1.82, 2.24) is 0 Å². The van der Waals surface area contributed by atoms with Crippen LogP contribution in [0.4, 0.5) is 4.39 Å². The summed E-state index contributed by atoms with van der Waals surface area (Å²) in [5.41, 5.74) is 9.19. The van der Waals surface area contributed by atoms with Crippen LogP contribution in [0.1, 0.15) is 23.1 Å². The van der Waals surface area contributed by atoms with Gasteiger partial charge in [0, 0.05) is 0 Å². The Hall–Kier alpha value is -1.67. The van der Waals surface area contributed by atoms with Crippen molar-refractivity contribution in [3.05, 3.63) is 71.0 Å². The van der Waals surface area contributed by atoms with Gasteiger partial charge < -0.3 is 5.73 Å². The van der Waals surface area contributed by atoms with Crippen LogP contribution in [0.3, 0.4) is 0 Å². The van der Waals surface area contributed by atoms with E-state index in [1.54, 1.807) is 0 Å². The van der Waals surface area contributed by atoms with Crippen molar-refractivity contribution >= 4 is 0 Å². The predicted molar refractivity (Wildman–Crippen MR) is 73.0 cm³/mol. The minimum atomic E-state index is -0.184. The summed E-state index contributed by atoms with van der Waals surface area (Å²) in [6, 6.07) is 15.2. The van der Waals surface area contributed by atoms with E-state index in [-0.39, 0.29) is 5.82 Å². The molecule has 2 N–H and O–H groups in total. The van der Waals surface area contributed by atoms with Gasteiger partial charge in [-0.15, -0.1) is 0 Å². The lowest BCUT2D eigenvalue weighted by molar-refractivity contribution is 0.627. The zero-order valence-electron chi connectivity index (χ0n) is 10.4. The highest BCUT2D eigenvalue weighted by molar-refractivity contribution is 5.28. The van der Waals surface area contributed by atoms with Crippen LogP contribution in [0.15, 0.2) is 48.5 Å². The van der Waals surface area contributed by atoms with Crippen molar-refractivity contribution in [2.24, 2.45) is 5.73 Å². The van der Waals surface area contributed by atoms with Gasteiger partial charge in [-0.2, -0.15) is 0 Å². The number of aryl methyl sites for hydroxylation is 1. The van der Waals surface area contributed by atoms with Crippen molar-refractivity contribution < 1.29 is 4.39 Å². The topological polar surface area (TPSA) is 26.0 Å². The van der Waals surface area contributed by atoms with Gasteiger partial charge >= 0.3 is 0 Å². The van der Waals surface area contributed by atoms with Gasteiger partial charge in [-0.3, -0.25) is 0 Å². The fraction of sp³-hybridized carbons (Fsp3) is 0.250. The molecule has 0 spiro atoms. The molecule has 0 aromatic heterocycles. The van der Waals surface area contributed by atoms with Crippen LogP contribution in [-0.2, 0) is 12.8 Å². The van der Waals surface area contributed by atoms with E-state index >= 15 is 0 Å². The fourth-order valence-electron chi connectivity index (χ4n) is 1.97. The molecule has 0 amide bonds. The van der Waals surface area contributed by atoms with E-state index in [0.717, 1.165) is 31.4 Å². The van der Waals surface area contributed by atoms with Crippen LogP contribution < -0.4 is 5.73 Å². The summed E-state index contributed by atoms with van der Waals surface area (Å²) in [6.07, 6.45) is 2.90. The summed E-state index contributed by atoms with van der Waals surface area (Å²) in [7, 11) is 0. The van der Waals surface area contributed by atoms with E-state index in [4.69, 9.17) is 5.73 Å². The van der Waals surface area contributed by atoms with E-state index < -0.39 is 0 Å². The van der Waals surface area contributed by atoms with Gasteiger partial charge in [0.15, 0.2) is 0 Å². The molecule has 0 bridgehead atoms. The Morgan fingerprint density at radius 1 is 0.778 bits per heavy atom. The smallest absolute Gasteiger partial charge is 0.123 e. The van der Waals surface area contributed by atoms with Gasteiger partial charge in [-0.1, -0.05) is 36.4 Å². The highest BCUT2D eigenvalue weighted by Crippen LogP contribution is 2.12. The SMILES string of the molecule is NCCCc1ccc(Cc2ccc(F)cc2)cc1. The molecule has 2 heteroatoms. The largest absolute Gasteiger partial charge is 0.330 e. The van der Waals surface area contributed by atoms with Crippen LogP contribution in [0.25, 0.3) is 0 Å². The van der Waals surface area contributed by atoms with E-state index in [1.165, 1.54) is 23.3 Å². The quantitative estimate of drug-likeness (QED) is 0.856. The Bertz CT molecular complexity index is 473.